The Kier molecular flexibility index (Phi) is 1.23. The summed E-state index contributed by atoms with van der Waals surface area (Å²) in [7, 11) is 0. The Labute approximate surface area is 78.6 Å². The number of hydrogen-bond acceptors (Lipinski definition) is 2. The minimum absolute atomic E-state index is 0.00463. The molecule has 2 nitrogen and oxygen atoms in total. The van der Waals surface area contributed by atoms with Crippen molar-refractivity contribution in [1.82, 2.24) is 0 Å². The van der Waals surface area contributed by atoms with Gasteiger partial charge < -0.3 is 4.74 Å². The van der Waals surface area contributed by atoms with Crippen molar-refractivity contribution in [2.24, 2.45) is 10.8 Å². The van der Waals surface area contributed by atoms with Crippen LogP contribution in [0.1, 0.15) is 39.5 Å². The first-order valence-corrected chi connectivity index (χ1v) is 5.24. The zero-order valence-corrected chi connectivity index (χ0v) is 8.30. The standard InChI is InChI=1S/C11H16O2/c1-10(2)5-7-8(13-7)6-11(10)4-3-9(11)12/h7-8H,3-6H2,1-2H3. The molecule has 13 heavy (non-hydrogen) atoms. The lowest BCUT2D eigenvalue weighted by Gasteiger charge is -2.53. The normalized spacial score (nSPS) is 51.4. The molecule has 1 saturated heterocycles. The van der Waals surface area contributed by atoms with Crippen LogP contribution in [-0.4, -0.2) is 18.0 Å². The fraction of sp³-hybridized carbons (Fsp3) is 0.909. The van der Waals surface area contributed by atoms with Crippen LogP contribution in [0.5, 0.6) is 0 Å². The molecule has 0 aromatic rings. The van der Waals surface area contributed by atoms with Crippen molar-refractivity contribution in [2.75, 3.05) is 0 Å². The second-order valence-electron chi connectivity index (χ2n) is 5.51. The third kappa shape index (κ3) is 0.804. The van der Waals surface area contributed by atoms with Crippen molar-refractivity contribution in [3.05, 3.63) is 0 Å². The zero-order valence-electron chi connectivity index (χ0n) is 8.30. The second kappa shape index (κ2) is 2.00. The Bertz CT molecular complexity index is 282. The third-order valence-electron chi connectivity index (χ3n) is 4.56. The average Bonchev–Trinajstić information content (AvgIpc) is 2.75. The first-order chi connectivity index (χ1) is 6.05. The van der Waals surface area contributed by atoms with Crippen LogP contribution >= 0.6 is 0 Å². The van der Waals surface area contributed by atoms with Crippen LogP contribution < -0.4 is 0 Å². The van der Waals surface area contributed by atoms with Crippen LogP contribution in [0.15, 0.2) is 0 Å². The summed E-state index contributed by atoms with van der Waals surface area (Å²) < 4.78 is 5.54. The molecule has 2 saturated carbocycles. The Morgan fingerprint density at radius 1 is 1.31 bits per heavy atom. The van der Waals surface area contributed by atoms with Crippen molar-refractivity contribution in [3.8, 4) is 0 Å². The van der Waals surface area contributed by atoms with Crippen molar-refractivity contribution in [2.45, 2.75) is 51.7 Å². The van der Waals surface area contributed by atoms with E-state index < -0.39 is 0 Å². The average molecular weight is 180 g/mol. The van der Waals surface area contributed by atoms with Gasteiger partial charge in [0.15, 0.2) is 0 Å². The van der Waals surface area contributed by atoms with Gasteiger partial charge in [0.05, 0.1) is 12.2 Å². The molecule has 0 amide bonds. The number of rotatable bonds is 0. The van der Waals surface area contributed by atoms with E-state index in [1.165, 1.54) is 0 Å². The van der Waals surface area contributed by atoms with Crippen molar-refractivity contribution < 1.29 is 9.53 Å². The van der Waals surface area contributed by atoms with E-state index in [1.54, 1.807) is 0 Å². The Hall–Kier alpha value is -0.370. The molecule has 3 unspecified atom stereocenters. The van der Waals surface area contributed by atoms with Gasteiger partial charge in [0, 0.05) is 11.8 Å². The van der Waals surface area contributed by atoms with Gasteiger partial charge in [-0.05, 0) is 24.7 Å². The predicted octanol–water partition coefficient (Wildman–Crippen LogP) is 1.92. The van der Waals surface area contributed by atoms with Crippen molar-refractivity contribution in [3.63, 3.8) is 0 Å². The van der Waals surface area contributed by atoms with Crippen molar-refractivity contribution >= 4 is 5.78 Å². The largest absolute Gasteiger partial charge is 0.370 e. The van der Waals surface area contributed by atoms with Crippen molar-refractivity contribution in [1.29, 1.82) is 0 Å². The number of hydrogen-bond donors (Lipinski definition) is 0. The molecular formula is C11H16O2. The van der Waals surface area contributed by atoms with Gasteiger partial charge in [0.25, 0.3) is 0 Å². The number of fused-ring (bicyclic) bond motifs is 1. The van der Waals surface area contributed by atoms with E-state index in [2.05, 4.69) is 13.8 Å². The lowest BCUT2D eigenvalue weighted by Crippen LogP contribution is -2.54. The van der Waals surface area contributed by atoms with Gasteiger partial charge in [-0.1, -0.05) is 13.8 Å². The van der Waals surface area contributed by atoms with E-state index in [1.807, 2.05) is 0 Å². The van der Waals surface area contributed by atoms with Crippen LogP contribution in [0, 0.1) is 10.8 Å². The molecule has 72 valence electrons. The molecular weight excluding hydrogens is 164 g/mol. The predicted molar refractivity (Wildman–Crippen MR) is 48.4 cm³/mol. The molecule has 2 aliphatic carbocycles. The van der Waals surface area contributed by atoms with Gasteiger partial charge in [-0.25, -0.2) is 0 Å². The fourth-order valence-electron chi connectivity index (χ4n) is 3.32. The highest BCUT2D eigenvalue weighted by atomic mass is 16.6. The summed E-state index contributed by atoms with van der Waals surface area (Å²) in [6.45, 7) is 4.48. The highest BCUT2D eigenvalue weighted by Gasteiger charge is 2.65. The van der Waals surface area contributed by atoms with Gasteiger partial charge in [-0.3, -0.25) is 4.79 Å². The Morgan fingerprint density at radius 2 is 2.00 bits per heavy atom. The molecule has 3 fully saturated rings. The van der Waals surface area contributed by atoms with Crippen LogP contribution in [0.3, 0.4) is 0 Å². The summed E-state index contributed by atoms with van der Waals surface area (Å²) in [6, 6.07) is 0. The molecule has 2 heteroatoms. The quantitative estimate of drug-likeness (QED) is 0.533. The van der Waals surface area contributed by atoms with E-state index in [0.29, 0.717) is 18.0 Å². The molecule has 1 aliphatic heterocycles. The molecule has 1 heterocycles. The van der Waals surface area contributed by atoms with Crippen LogP contribution in [0.25, 0.3) is 0 Å². The van der Waals surface area contributed by atoms with Gasteiger partial charge in [0.1, 0.15) is 5.78 Å². The number of ketones is 1. The van der Waals surface area contributed by atoms with Gasteiger partial charge >= 0.3 is 0 Å². The number of carbonyl (C=O) groups is 1. The molecule has 0 bridgehead atoms. The lowest BCUT2D eigenvalue weighted by atomic mass is 9.48. The molecule has 3 aliphatic rings. The third-order valence-corrected chi connectivity index (χ3v) is 4.56. The highest BCUT2D eigenvalue weighted by molar-refractivity contribution is 5.91. The SMILES string of the molecule is CC1(C)CC2OC2CC12CCC2=O. The summed E-state index contributed by atoms with van der Waals surface area (Å²) >= 11 is 0. The molecule has 0 N–H and O–H groups in total. The maximum Gasteiger partial charge on any atom is 0.139 e. The van der Waals surface area contributed by atoms with E-state index in [9.17, 15) is 4.79 Å². The van der Waals surface area contributed by atoms with Gasteiger partial charge in [0.2, 0.25) is 0 Å². The summed E-state index contributed by atoms with van der Waals surface area (Å²) in [6.07, 6.45) is 4.91. The molecule has 0 radical (unpaired) electrons. The smallest absolute Gasteiger partial charge is 0.139 e. The van der Waals surface area contributed by atoms with E-state index >= 15 is 0 Å². The fourth-order valence-corrected chi connectivity index (χ4v) is 3.32. The lowest BCUT2D eigenvalue weighted by molar-refractivity contribution is -0.152. The monoisotopic (exact) mass is 180 g/mol. The summed E-state index contributed by atoms with van der Waals surface area (Å²) in [5, 5.41) is 0. The van der Waals surface area contributed by atoms with Crippen LogP contribution in [0.2, 0.25) is 0 Å². The maximum atomic E-state index is 11.7. The molecule has 1 spiro atoms. The molecule has 3 rings (SSSR count). The van der Waals surface area contributed by atoms with Crippen LogP contribution in [-0.2, 0) is 9.53 Å². The first kappa shape index (κ1) is 7.98. The number of Topliss-reactive ketones (excluding diaryl/α,β-unsaturated/α-hetero) is 1. The maximum absolute atomic E-state index is 11.7. The van der Waals surface area contributed by atoms with Gasteiger partial charge in [-0.2, -0.15) is 0 Å². The molecule has 0 aromatic carbocycles. The minimum atomic E-state index is 0.00463. The van der Waals surface area contributed by atoms with Crippen LogP contribution in [0.4, 0.5) is 0 Å². The summed E-state index contributed by atoms with van der Waals surface area (Å²) in [5.41, 5.74) is 0.185. The van der Waals surface area contributed by atoms with E-state index in [4.69, 9.17) is 4.74 Å². The first-order valence-electron chi connectivity index (χ1n) is 5.24. The Balaban J connectivity index is 1.96. The topological polar surface area (TPSA) is 29.6 Å². The summed E-state index contributed by atoms with van der Waals surface area (Å²) in [4.78, 5) is 11.7. The van der Waals surface area contributed by atoms with E-state index in [-0.39, 0.29) is 10.8 Å². The van der Waals surface area contributed by atoms with Gasteiger partial charge in [-0.15, -0.1) is 0 Å². The highest BCUT2D eigenvalue weighted by Crippen LogP contribution is 2.63. The second-order valence-corrected chi connectivity index (χ2v) is 5.51. The molecule has 0 aromatic heterocycles. The number of carbonyl (C=O) groups excluding carboxylic acids is 1. The summed E-state index contributed by atoms with van der Waals surface area (Å²) in [5.74, 6) is 0.492. The number of epoxide rings is 1. The Morgan fingerprint density at radius 3 is 2.54 bits per heavy atom. The van der Waals surface area contributed by atoms with E-state index in [0.717, 1.165) is 25.7 Å². The minimum Gasteiger partial charge on any atom is -0.370 e. The number of ether oxygens (including phenoxy) is 1. The molecule has 3 atom stereocenters. The zero-order chi connectivity index (χ0) is 9.27.